The molecule has 2 heterocycles. The van der Waals surface area contributed by atoms with E-state index in [0.29, 0.717) is 19.0 Å². The zero-order chi connectivity index (χ0) is 11.8. The molecule has 0 aromatic carbocycles. The Balaban J connectivity index is 2.04. The molecule has 0 saturated carbocycles. The Hall–Kier alpha value is -0.880. The summed E-state index contributed by atoms with van der Waals surface area (Å²) < 4.78 is 24.3. The van der Waals surface area contributed by atoms with Crippen LogP contribution in [0, 0.1) is 6.92 Å². The van der Waals surface area contributed by atoms with Crippen molar-refractivity contribution in [3.05, 3.63) is 17.5 Å². The van der Waals surface area contributed by atoms with E-state index < -0.39 is 10.0 Å². The van der Waals surface area contributed by atoms with Crippen LogP contribution in [-0.2, 0) is 10.0 Å². The number of hydrogen-bond acceptors (Lipinski definition) is 3. The molecule has 1 N–H and O–H groups in total. The number of aryl methyl sites for hydroxylation is 1. The van der Waals surface area contributed by atoms with Gasteiger partial charge in [-0.15, -0.1) is 0 Å². The molecule has 90 valence electrons. The molecule has 0 amide bonds. The van der Waals surface area contributed by atoms with Crippen LogP contribution in [0.4, 0.5) is 0 Å². The summed E-state index contributed by atoms with van der Waals surface area (Å²) in [4.78, 5) is 0. The number of piperidine rings is 1. The molecular weight excluding hydrogens is 226 g/mol. The fourth-order valence-corrected chi connectivity index (χ4v) is 3.12. The number of H-pyrrole nitrogens is 1. The lowest BCUT2D eigenvalue weighted by Crippen LogP contribution is -2.37. The molecule has 1 saturated heterocycles. The molecule has 0 radical (unpaired) electrons. The van der Waals surface area contributed by atoms with Crippen molar-refractivity contribution >= 4 is 10.0 Å². The largest absolute Gasteiger partial charge is 0.282 e. The normalized spacial score (nSPS) is 20.1. The Bertz CT molecular complexity index is 458. The van der Waals surface area contributed by atoms with Gasteiger partial charge in [-0.05, 0) is 25.3 Å². The minimum atomic E-state index is -3.02. The lowest BCUT2D eigenvalue weighted by atomic mass is 9.93. The smallest absolute Gasteiger partial charge is 0.211 e. The van der Waals surface area contributed by atoms with Crippen molar-refractivity contribution in [1.82, 2.24) is 14.5 Å². The van der Waals surface area contributed by atoms with Crippen LogP contribution in [0.3, 0.4) is 0 Å². The molecule has 0 atom stereocenters. The first-order valence-corrected chi connectivity index (χ1v) is 7.28. The summed E-state index contributed by atoms with van der Waals surface area (Å²) in [5.41, 5.74) is 2.32. The molecule has 1 aromatic heterocycles. The maximum absolute atomic E-state index is 11.4. The molecule has 2 rings (SSSR count). The van der Waals surface area contributed by atoms with Crippen molar-refractivity contribution in [2.45, 2.75) is 25.7 Å². The highest BCUT2D eigenvalue weighted by Gasteiger charge is 2.27. The van der Waals surface area contributed by atoms with Crippen LogP contribution in [0.25, 0.3) is 0 Å². The van der Waals surface area contributed by atoms with Crippen molar-refractivity contribution in [2.75, 3.05) is 19.3 Å². The van der Waals surface area contributed by atoms with E-state index in [2.05, 4.69) is 10.2 Å². The quantitative estimate of drug-likeness (QED) is 0.837. The summed E-state index contributed by atoms with van der Waals surface area (Å²) in [6.07, 6.45) is 4.83. The first kappa shape index (κ1) is 11.6. The third kappa shape index (κ3) is 2.27. The van der Waals surface area contributed by atoms with Gasteiger partial charge in [-0.2, -0.15) is 5.10 Å². The molecule has 1 aliphatic heterocycles. The number of rotatable bonds is 2. The zero-order valence-corrected chi connectivity index (χ0v) is 10.4. The predicted octanol–water partition coefficient (Wildman–Crippen LogP) is 0.857. The Morgan fingerprint density at radius 1 is 1.44 bits per heavy atom. The lowest BCUT2D eigenvalue weighted by molar-refractivity contribution is 0.318. The van der Waals surface area contributed by atoms with Gasteiger partial charge in [0.2, 0.25) is 10.0 Å². The lowest BCUT2D eigenvalue weighted by Gasteiger charge is -2.29. The third-order valence-corrected chi connectivity index (χ3v) is 4.50. The van der Waals surface area contributed by atoms with Crippen molar-refractivity contribution in [2.24, 2.45) is 0 Å². The molecule has 1 fully saturated rings. The van der Waals surface area contributed by atoms with Gasteiger partial charge in [-0.25, -0.2) is 12.7 Å². The molecule has 0 spiro atoms. The first-order chi connectivity index (χ1) is 7.48. The Morgan fingerprint density at radius 2 is 2.06 bits per heavy atom. The molecule has 0 unspecified atom stereocenters. The second kappa shape index (κ2) is 4.18. The Labute approximate surface area is 95.9 Å². The van der Waals surface area contributed by atoms with Gasteiger partial charge in [0.25, 0.3) is 0 Å². The van der Waals surface area contributed by atoms with Gasteiger partial charge in [-0.3, -0.25) is 5.10 Å². The van der Waals surface area contributed by atoms with Crippen molar-refractivity contribution in [1.29, 1.82) is 0 Å². The Kier molecular flexibility index (Phi) is 3.03. The molecule has 5 nitrogen and oxygen atoms in total. The van der Waals surface area contributed by atoms with Crippen LogP contribution < -0.4 is 0 Å². The summed E-state index contributed by atoms with van der Waals surface area (Å²) >= 11 is 0. The van der Waals surface area contributed by atoms with E-state index in [1.54, 1.807) is 4.31 Å². The van der Waals surface area contributed by atoms with Gasteiger partial charge in [0.05, 0.1) is 12.5 Å². The van der Waals surface area contributed by atoms with Crippen molar-refractivity contribution in [3.8, 4) is 0 Å². The van der Waals surface area contributed by atoms with Crippen LogP contribution in [0.2, 0.25) is 0 Å². The third-order valence-electron chi connectivity index (χ3n) is 3.20. The van der Waals surface area contributed by atoms with E-state index in [9.17, 15) is 8.42 Å². The van der Waals surface area contributed by atoms with Gasteiger partial charge in [0.1, 0.15) is 0 Å². The molecule has 0 bridgehead atoms. The summed E-state index contributed by atoms with van der Waals surface area (Å²) in [5, 5.41) is 7.02. The molecule has 16 heavy (non-hydrogen) atoms. The van der Waals surface area contributed by atoms with E-state index in [4.69, 9.17) is 0 Å². The van der Waals surface area contributed by atoms with Crippen molar-refractivity contribution < 1.29 is 8.42 Å². The molecule has 1 aliphatic rings. The van der Waals surface area contributed by atoms with Gasteiger partial charge >= 0.3 is 0 Å². The summed E-state index contributed by atoms with van der Waals surface area (Å²) in [6, 6.07) is 0. The standard InChI is InChI=1S/C10H17N3O2S/c1-8-7-11-12-10(8)9-3-5-13(6-4-9)16(2,14)15/h7,9H,3-6H2,1-2H3,(H,11,12). The minimum Gasteiger partial charge on any atom is -0.282 e. The van der Waals surface area contributed by atoms with E-state index >= 15 is 0 Å². The molecular formula is C10H17N3O2S. The zero-order valence-electron chi connectivity index (χ0n) is 9.60. The minimum absolute atomic E-state index is 0.417. The highest BCUT2D eigenvalue weighted by Crippen LogP contribution is 2.29. The number of aromatic nitrogens is 2. The number of aromatic amines is 1. The fourth-order valence-electron chi connectivity index (χ4n) is 2.25. The summed E-state index contributed by atoms with van der Waals surface area (Å²) in [5.74, 6) is 0.417. The van der Waals surface area contributed by atoms with E-state index in [0.717, 1.165) is 24.1 Å². The van der Waals surface area contributed by atoms with E-state index in [1.165, 1.54) is 6.26 Å². The van der Waals surface area contributed by atoms with Gasteiger partial charge in [0.15, 0.2) is 0 Å². The SMILES string of the molecule is Cc1cn[nH]c1C1CCN(S(C)(=O)=O)CC1. The molecule has 0 aliphatic carbocycles. The van der Waals surface area contributed by atoms with E-state index in [1.807, 2.05) is 13.1 Å². The van der Waals surface area contributed by atoms with Gasteiger partial charge in [-0.1, -0.05) is 0 Å². The van der Waals surface area contributed by atoms with Gasteiger partial charge in [0, 0.05) is 24.7 Å². The number of sulfonamides is 1. The fraction of sp³-hybridized carbons (Fsp3) is 0.700. The number of nitrogens with zero attached hydrogens (tertiary/aromatic N) is 2. The summed E-state index contributed by atoms with van der Waals surface area (Å²) in [6.45, 7) is 3.26. The average molecular weight is 243 g/mol. The van der Waals surface area contributed by atoms with Crippen LogP contribution >= 0.6 is 0 Å². The van der Waals surface area contributed by atoms with Crippen molar-refractivity contribution in [3.63, 3.8) is 0 Å². The highest BCUT2D eigenvalue weighted by atomic mass is 32.2. The van der Waals surface area contributed by atoms with Crippen LogP contribution in [0.1, 0.15) is 30.0 Å². The predicted molar refractivity (Wildman–Crippen MR) is 61.7 cm³/mol. The average Bonchev–Trinajstić information content (AvgIpc) is 2.63. The van der Waals surface area contributed by atoms with Gasteiger partial charge < -0.3 is 0 Å². The maximum atomic E-state index is 11.4. The molecule has 1 aromatic rings. The maximum Gasteiger partial charge on any atom is 0.211 e. The number of nitrogens with one attached hydrogen (secondary N) is 1. The highest BCUT2D eigenvalue weighted by molar-refractivity contribution is 7.88. The monoisotopic (exact) mass is 243 g/mol. The van der Waals surface area contributed by atoms with Crippen LogP contribution in [0.5, 0.6) is 0 Å². The van der Waals surface area contributed by atoms with Crippen LogP contribution in [0.15, 0.2) is 6.20 Å². The second-order valence-electron chi connectivity index (χ2n) is 4.40. The number of hydrogen-bond donors (Lipinski definition) is 1. The first-order valence-electron chi connectivity index (χ1n) is 5.43. The molecule has 6 heteroatoms. The van der Waals surface area contributed by atoms with Crippen LogP contribution in [-0.4, -0.2) is 42.3 Å². The van der Waals surface area contributed by atoms with E-state index in [-0.39, 0.29) is 0 Å². The second-order valence-corrected chi connectivity index (χ2v) is 6.39. The Morgan fingerprint density at radius 3 is 2.50 bits per heavy atom. The summed E-state index contributed by atoms with van der Waals surface area (Å²) in [7, 11) is -3.02. The topological polar surface area (TPSA) is 66.1 Å².